The lowest BCUT2D eigenvalue weighted by molar-refractivity contribution is -0.121. The molecule has 2 rings (SSSR count). The zero-order valence-electron chi connectivity index (χ0n) is 14.5. The van der Waals surface area contributed by atoms with Crippen LogP contribution in [0, 0.1) is 0 Å². The molecule has 0 fully saturated rings. The number of rotatable bonds is 7. The number of benzene rings is 1. The van der Waals surface area contributed by atoms with Gasteiger partial charge in [0.1, 0.15) is 11.3 Å². The number of carbonyl (C=O) groups is 2. The van der Waals surface area contributed by atoms with Crippen molar-refractivity contribution in [2.45, 2.75) is 25.7 Å². The van der Waals surface area contributed by atoms with Crippen molar-refractivity contribution in [1.29, 1.82) is 0 Å². The summed E-state index contributed by atoms with van der Waals surface area (Å²) in [7, 11) is -4.71. The molecular formula is C15H21BN2O7S. The molecule has 1 aromatic carbocycles. The molecule has 1 amide bonds. The van der Waals surface area contributed by atoms with E-state index >= 15 is 0 Å². The predicted octanol–water partition coefficient (Wildman–Crippen LogP) is -0.758. The van der Waals surface area contributed by atoms with Crippen molar-refractivity contribution in [1.82, 2.24) is 10.0 Å². The summed E-state index contributed by atoms with van der Waals surface area (Å²) in [5.41, 5.74) is 0.867. The fourth-order valence-corrected chi connectivity index (χ4v) is 3.02. The molecular weight excluding hydrogens is 363 g/mol. The molecule has 1 aliphatic rings. The van der Waals surface area contributed by atoms with E-state index in [-0.39, 0.29) is 37.3 Å². The minimum absolute atomic E-state index is 0.0437. The molecule has 1 heterocycles. The molecule has 0 radical (unpaired) electrons. The largest absolute Gasteiger partial charge is 0.547 e. The number of sulfonamides is 1. The molecule has 3 N–H and O–H groups in total. The van der Waals surface area contributed by atoms with Gasteiger partial charge < -0.3 is 19.7 Å². The number of esters is 1. The first-order chi connectivity index (χ1) is 12.2. The van der Waals surface area contributed by atoms with Crippen LogP contribution in [0.4, 0.5) is 0 Å². The number of amides is 1. The quantitative estimate of drug-likeness (QED) is 0.416. The third-order valence-electron chi connectivity index (χ3n) is 3.68. The highest BCUT2D eigenvalue weighted by molar-refractivity contribution is 7.88. The second-order valence-corrected chi connectivity index (χ2v) is 7.65. The molecule has 1 atom stereocenters. The Morgan fingerprint density at radius 1 is 1.42 bits per heavy atom. The lowest BCUT2D eigenvalue weighted by Gasteiger charge is -2.29. The number of fused-ring (bicyclic) bond motifs is 1. The number of hydrogen-bond donors (Lipinski definition) is 3. The standard InChI is InChI=1S/C15H21BN2O7S/c1-3-24-15(20)11-6-4-5-10-9-12(16(21)25-14(10)11)18-13(19)7-8-17-26(2,22)23/h4-6,12,17,21H,3,7-9H2,1-2H3,(H,18,19)/t12-/m0/s1. The average Bonchev–Trinajstić information content (AvgIpc) is 2.54. The zero-order chi connectivity index (χ0) is 19.3. The fourth-order valence-electron chi connectivity index (χ4n) is 2.55. The lowest BCUT2D eigenvalue weighted by Crippen LogP contribution is -2.53. The second-order valence-electron chi connectivity index (χ2n) is 5.82. The maximum atomic E-state index is 12.0. The monoisotopic (exact) mass is 384 g/mol. The summed E-state index contributed by atoms with van der Waals surface area (Å²) >= 11 is 0. The van der Waals surface area contributed by atoms with Crippen LogP contribution in [0.5, 0.6) is 5.75 Å². The van der Waals surface area contributed by atoms with Crippen molar-refractivity contribution < 1.29 is 32.4 Å². The fraction of sp³-hybridized carbons (Fsp3) is 0.467. The highest BCUT2D eigenvalue weighted by Crippen LogP contribution is 2.30. The van der Waals surface area contributed by atoms with E-state index < -0.39 is 35.0 Å². The van der Waals surface area contributed by atoms with Gasteiger partial charge in [0.2, 0.25) is 15.9 Å². The molecule has 9 nitrogen and oxygen atoms in total. The minimum atomic E-state index is -3.37. The van der Waals surface area contributed by atoms with Crippen LogP contribution >= 0.6 is 0 Å². The van der Waals surface area contributed by atoms with Crippen molar-refractivity contribution in [3.63, 3.8) is 0 Å². The first kappa shape index (κ1) is 20.2. The summed E-state index contributed by atoms with van der Waals surface area (Å²) in [6.07, 6.45) is 1.18. The van der Waals surface area contributed by atoms with Gasteiger partial charge >= 0.3 is 13.1 Å². The van der Waals surface area contributed by atoms with Crippen LogP contribution in [-0.2, 0) is 26.0 Å². The highest BCUT2D eigenvalue weighted by Gasteiger charge is 2.37. The molecule has 0 spiro atoms. The Hall–Kier alpha value is -2.11. The van der Waals surface area contributed by atoms with Crippen LogP contribution in [0.3, 0.4) is 0 Å². The van der Waals surface area contributed by atoms with Crippen LogP contribution in [0.25, 0.3) is 0 Å². The van der Waals surface area contributed by atoms with Gasteiger partial charge in [-0.15, -0.1) is 0 Å². The van der Waals surface area contributed by atoms with Gasteiger partial charge in [-0.3, -0.25) is 4.79 Å². The van der Waals surface area contributed by atoms with Crippen LogP contribution in [0.15, 0.2) is 18.2 Å². The van der Waals surface area contributed by atoms with Gasteiger partial charge in [-0.1, -0.05) is 12.1 Å². The van der Waals surface area contributed by atoms with E-state index in [4.69, 9.17) is 9.39 Å². The van der Waals surface area contributed by atoms with Crippen molar-refractivity contribution in [2.75, 3.05) is 19.4 Å². The normalized spacial score (nSPS) is 16.4. The van der Waals surface area contributed by atoms with Crippen LogP contribution in [0.2, 0.25) is 0 Å². The SMILES string of the molecule is CCOC(=O)c1cccc2c1OB(O)[C@@H](NC(=O)CCNS(C)(=O)=O)C2. The van der Waals surface area contributed by atoms with Crippen LogP contribution < -0.4 is 14.7 Å². The molecule has 0 aromatic heterocycles. The Kier molecular flexibility index (Phi) is 6.62. The third kappa shape index (κ3) is 5.45. The Bertz CT molecular complexity index is 784. The van der Waals surface area contributed by atoms with Gasteiger partial charge in [-0.2, -0.15) is 0 Å². The summed E-state index contributed by atoms with van der Waals surface area (Å²) in [5.74, 6) is -1.46. The third-order valence-corrected chi connectivity index (χ3v) is 4.41. The predicted molar refractivity (Wildman–Crippen MR) is 94.1 cm³/mol. The molecule has 0 saturated carbocycles. The van der Waals surface area contributed by atoms with E-state index in [1.807, 2.05) is 0 Å². The summed E-state index contributed by atoms with van der Waals surface area (Å²) in [4.78, 5) is 23.9. The minimum Gasteiger partial charge on any atom is -0.534 e. The van der Waals surface area contributed by atoms with Gasteiger partial charge in [0.15, 0.2) is 0 Å². The summed E-state index contributed by atoms with van der Waals surface area (Å²) < 4.78 is 34.6. The molecule has 0 unspecified atom stereocenters. The first-order valence-electron chi connectivity index (χ1n) is 8.09. The van der Waals surface area contributed by atoms with Gasteiger partial charge in [-0.25, -0.2) is 17.9 Å². The summed E-state index contributed by atoms with van der Waals surface area (Å²) in [5, 5.41) is 12.8. The number of hydrogen-bond acceptors (Lipinski definition) is 7. The Labute approximate surface area is 152 Å². The van der Waals surface area contributed by atoms with Crippen LogP contribution in [0.1, 0.15) is 29.3 Å². The molecule has 0 saturated heterocycles. The van der Waals surface area contributed by atoms with E-state index in [2.05, 4.69) is 10.0 Å². The summed E-state index contributed by atoms with van der Waals surface area (Å²) in [6, 6.07) is 4.94. The molecule has 26 heavy (non-hydrogen) atoms. The van der Waals surface area contributed by atoms with E-state index in [9.17, 15) is 23.0 Å². The molecule has 11 heteroatoms. The molecule has 142 valence electrons. The number of para-hydroxylation sites is 1. The van der Waals surface area contributed by atoms with Crippen molar-refractivity contribution >= 4 is 29.0 Å². The van der Waals surface area contributed by atoms with E-state index in [0.29, 0.717) is 5.56 Å². The Morgan fingerprint density at radius 2 is 2.15 bits per heavy atom. The topological polar surface area (TPSA) is 131 Å². The average molecular weight is 384 g/mol. The highest BCUT2D eigenvalue weighted by atomic mass is 32.2. The van der Waals surface area contributed by atoms with E-state index in [1.165, 1.54) is 0 Å². The number of ether oxygens (including phenoxy) is 1. The molecule has 1 aromatic rings. The maximum Gasteiger partial charge on any atom is 0.547 e. The van der Waals surface area contributed by atoms with Gasteiger partial charge in [0.25, 0.3) is 0 Å². The van der Waals surface area contributed by atoms with E-state index in [0.717, 1.165) is 6.26 Å². The maximum absolute atomic E-state index is 12.0. The molecule has 0 aliphatic carbocycles. The van der Waals surface area contributed by atoms with Crippen molar-refractivity contribution in [3.05, 3.63) is 29.3 Å². The lowest BCUT2D eigenvalue weighted by atomic mass is 9.72. The second kappa shape index (κ2) is 8.52. The van der Waals surface area contributed by atoms with Gasteiger partial charge in [0, 0.05) is 13.0 Å². The van der Waals surface area contributed by atoms with Crippen molar-refractivity contribution in [2.24, 2.45) is 0 Å². The van der Waals surface area contributed by atoms with Crippen molar-refractivity contribution in [3.8, 4) is 5.75 Å². The Balaban J connectivity index is 2.02. The Morgan fingerprint density at radius 3 is 2.81 bits per heavy atom. The molecule has 0 bridgehead atoms. The van der Waals surface area contributed by atoms with Gasteiger partial charge in [-0.05, 0) is 25.0 Å². The van der Waals surface area contributed by atoms with Crippen LogP contribution in [-0.4, -0.2) is 57.8 Å². The summed E-state index contributed by atoms with van der Waals surface area (Å²) in [6.45, 7) is 1.86. The first-order valence-corrected chi connectivity index (χ1v) is 9.98. The number of carbonyl (C=O) groups excluding carboxylic acids is 2. The smallest absolute Gasteiger partial charge is 0.534 e. The molecule has 1 aliphatic heterocycles. The zero-order valence-corrected chi connectivity index (χ0v) is 15.3. The van der Waals surface area contributed by atoms with E-state index in [1.54, 1.807) is 25.1 Å². The number of nitrogens with one attached hydrogen (secondary N) is 2. The van der Waals surface area contributed by atoms with Gasteiger partial charge in [0.05, 0.1) is 18.8 Å².